The van der Waals surface area contributed by atoms with Gasteiger partial charge < -0.3 is 9.30 Å². The van der Waals surface area contributed by atoms with Crippen molar-refractivity contribution in [2.45, 2.75) is 20.4 Å². The number of hydrogen-bond acceptors (Lipinski definition) is 3. The molecule has 1 aromatic heterocycles. The summed E-state index contributed by atoms with van der Waals surface area (Å²) in [6, 6.07) is 10.4. The van der Waals surface area contributed by atoms with Gasteiger partial charge in [0.15, 0.2) is 5.78 Å². The van der Waals surface area contributed by atoms with E-state index in [0.29, 0.717) is 18.7 Å². The van der Waals surface area contributed by atoms with Crippen molar-refractivity contribution in [2.24, 2.45) is 0 Å². The quantitative estimate of drug-likeness (QED) is 0.785. The highest BCUT2D eigenvalue weighted by Crippen LogP contribution is 2.19. The van der Waals surface area contributed by atoms with E-state index in [1.165, 1.54) is 13.0 Å². The lowest BCUT2D eigenvalue weighted by Crippen LogP contribution is -2.21. The zero-order valence-electron chi connectivity index (χ0n) is 11.6. The molecule has 20 heavy (non-hydrogen) atoms. The number of rotatable bonds is 5. The first-order valence-corrected chi connectivity index (χ1v) is 6.48. The van der Waals surface area contributed by atoms with Crippen LogP contribution in [0.15, 0.2) is 47.4 Å². The standard InChI is InChI=1S/C16H17NO3/c1-12-11-14(13(2)18)6-7-15(12)20-10-9-17-8-4-3-5-16(17)19/h3-8,11H,9-10H2,1-2H3. The number of benzene rings is 1. The average Bonchev–Trinajstić information content (AvgIpc) is 2.42. The Kier molecular flexibility index (Phi) is 4.35. The first kappa shape index (κ1) is 14.1. The zero-order valence-corrected chi connectivity index (χ0v) is 11.6. The average molecular weight is 271 g/mol. The molecule has 0 saturated heterocycles. The van der Waals surface area contributed by atoms with E-state index in [0.717, 1.165) is 11.3 Å². The van der Waals surface area contributed by atoms with Crippen molar-refractivity contribution in [3.05, 3.63) is 64.1 Å². The molecule has 0 amide bonds. The van der Waals surface area contributed by atoms with Gasteiger partial charge in [0.1, 0.15) is 12.4 Å². The molecule has 0 aliphatic heterocycles. The van der Waals surface area contributed by atoms with Crippen LogP contribution in [0, 0.1) is 6.92 Å². The molecule has 0 spiro atoms. The van der Waals surface area contributed by atoms with E-state index in [9.17, 15) is 9.59 Å². The molecule has 4 heteroatoms. The monoisotopic (exact) mass is 271 g/mol. The lowest BCUT2D eigenvalue weighted by atomic mass is 10.1. The number of carbonyl (C=O) groups excluding carboxylic acids is 1. The van der Waals surface area contributed by atoms with E-state index in [1.54, 1.807) is 29.0 Å². The summed E-state index contributed by atoms with van der Waals surface area (Å²) >= 11 is 0. The molecular weight excluding hydrogens is 254 g/mol. The van der Waals surface area contributed by atoms with Gasteiger partial charge in [0.2, 0.25) is 0 Å². The molecule has 2 rings (SSSR count). The van der Waals surface area contributed by atoms with E-state index in [1.807, 2.05) is 19.1 Å². The van der Waals surface area contributed by atoms with Gasteiger partial charge in [-0.05, 0) is 43.7 Å². The molecule has 4 nitrogen and oxygen atoms in total. The van der Waals surface area contributed by atoms with Crippen LogP contribution in [-0.2, 0) is 6.54 Å². The number of Topliss-reactive ketones (excluding diaryl/α,β-unsaturated/α-hetero) is 1. The molecule has 0 unspecified atom stereocenters. The highest BCUT2D eigenvalue weighted by atomic mass is 16.5. The third-order valence-corrected chi connectivity index (χ3v) is 3.07. The van der Waals surface area contributed by atoms with Crippen LogP contribution in [0.4, 0.5) is 0 Å². The van der Waals surface area contributed by atoms with Crippen molar-refractivity contribution >= 4 is 5.78 Å². The Morgan fingerprint density at radius 1 is 1.25 bits per heavy atom. The van der Waals surface area contributed by atoms with Crippen LogP contribution in [0.5, 0.6) is 5.75 Å². The van der Waals surface area contributed by atoms with E-state index in [4.69, 9.17) is 4.74 Å². The van der Waals surface area contributed by atoms with Crippen molar-refractivity contribution in [3.63, 3.8) is 0 Å². The maximum Gasteiger partial charge on any atom is 0.250 e. The minimum absolute atomic E-state index is 0.0375. The molecule has 0 atom stereocenters. The second kappa shape index (κ2) is 6.19. The summed E-state index contributed by atoms with van der Waals surface area (Å²) in [5.74, 6) is 0.773. The van der Waals surface area contributed by atoms with Gasteiger partial charge in [0.05, 0.1) is 6.54 Å². The lowest BCUT2D eigenvalue weighted by molar-refractivity contribution is 0.101. The third kappa shape index (κ3) is 3.35. The molecule has 0 saturated carbocycles. The van der Waals surface area contributed by atoms with Gasteiger partial charge in [-0.25, -0.2) is 0 Å². The Balaban J connectivity index is 2.00. The summed E-state index contributed by atoms with van der Waals surface area (Å²) in [7, 11) is 0. The maximum absolute atomic E-state index is 11.5. The van der Waals surface area contributed by atoms with Crippen LogP contribution in [0.1, 0.15) is 22.8 Å². The van der Waals surface area contributed by atoms with E-state index < -0.39 is 0 Å². The van der Waals surface area contributed by atoms with Crippen molar-refractivity contribution in [1.29, 1.82) is 0 Å². The lowest BCUT2D eigenvalue weighted by Gasteiger charge is -2.11. The van der Waals surface area contributed by atoms with Crippen molar-refractivity contribution in [1.82, 2.24) is 4.57 Å². The highest BCUT2D eigenvalue weighted by molar-refractivity contribution is 5.94. The van der Waals surface area contributed by atoms with E-state index in [-0.39, 0.29) is 11.3 Å². The SMILES string of the molecule is CC(=O)c1ccc(OCCn2ccccc2=O)c(C)c1. The number of nitrogens with zero attached hydrogens (tertiary/aromatic N) is 1. The second-order valence-corrected chi connectivity index (χ2v) is 4.62. The first-order chi connectivity index (χ1) is 9.58. The van der Waals surface area contributed by atoms with Gasteiger partial charge in [-0.1, -0.05) is 6.07 Å². The maximum atomic E-state index is 11.5. The minimum atomic E-state index is -0.0419. The van der Waals surface area contributed by atoms with Crippen LogP contribution >= 0.6 is 0 Å². The van der Waals surface area contributed by atoms with Crippen LogP contribution in [0.2, 0.25) is 0 Å². The minimum Gasteiger partial charge on any atom is -0.491 e. The van der Waals surface area contributed by atoms with E-state index in [2.05, 4.69) is 0 Å². The number of pyridine rings is 1. The first-order valence-electron chi connectivity index (χ1n) is 6.48. The van der Waals surface area contributed by atoms with Crippen LogP contribution in [0.3, 0.4) is 0 Å². The van der Waals surface area contributed by atoms with Gasteiger partial charge in [-0.2, -0.15) is 0 Å². The van der Waals surface area contributed by atoms with Gasteiger partial charge in [-0.3, -0.25) is 9.59 Å². The predicted molar refractivity (Wildman–Crippen MR) is 77.4 cm³/mol. The van der Waals surface area contributed by atoms with Gasteiger partial charge in [0, 0.05) is 17.8 Å². The molecule has 0 N–H and O–H groups in total. The number of aryl methyl sites for hydroxylation is 1. The molecule has 1 heterocycles. The zero-order chi connectivity index (χ0) is 14.5. The van der Waals surface area contributed by atoms with Crippen molar-refractivity contribution < 1.29 is 9.53 Å². The summed E-state index contributed by atoms with van der Waals surface area (Å²) in [6.07, 6.45) is 1.73. The van der Waals surface area contributed by atoms with Gasteiger partial charge in [-0.15, -0.1) is 0 Å². The van der Waals surface area contributed by atoms with Crippen LogP contribution < -0.4 is 10.3 Å². The van der Waals surface area contributed by atoms with Crippen molar-refractivity contribution in [3.8, 4) is 5.75 Å². The Bertz CT molecular complexity index is 673. The molecule has 0 aliphatic carbocycles. The van der Waals surface area contributed by atoms with Crippen molar-refractivity contribution in [2.75, 3.05) is 6.61 Å². The molecule has 0 fully saturated rings. The number of ketones is 1. The Hall–Kier alpha value is -2.36. The summed E-state index contributed by atoms with van der Waals surface area (Å²) in [5.41, 5.74) is 1.55. The smallest absolute Gasteiger partial charge is 0.250 e. The fraction of sp³-hybridized carbons (Fsp3) is 0.250. The summed E-state index contributed by atoms with van der Waals surface area (Å²) in [6.45, 7) is 4.34. The fourth-order valence-corrected chi connectivity index (χ4v) is 1.93. The molecular formula is C16H17NO3. The summed E-state index contributed by atoms with van der Waals surface area (Å²) in [5, 5.41) is 0. The fourth-order valence-electron chi connectivity index (χ4n) is 1.93. The number of ether oxygens (including phenoxy) is 1. The summed E-state index contributed by atoms with van der Waals surface area (Å²) in [4.78, 5) is 22.8. The molecule has 1 aromatic carbocycles. The number of hydrogen-bond donors (Lipinski definition) is 0. The van der Waals surface area contributed by atoms with Gasteiger partial charge in [0.25, 0.3) is 5.56 Å². The van der Waals surface area contributed by atoms with Crippen LogP contribution in [0.25, 0.3) is 0 Å². The molecule has 104 valence electrons. The van der Waals surface area contributed by atoms with Crippen LogP contribution in [-0.4, -0.2) is 17.0 Å². The largest absolute Gasteiger partial charge is 0.491 e. The Morgan fingerprint density at radius 2 is 2.05 bits per heavy atom. The highest BCUT2D eigenvalue weighted by Gasteiger charge is 2.04. The Morgan fingerprint density at radius 3 is 2.70 bits per heavy atom. The second-order valence-electron chi connectivity index (χ2n) is 4.62. The van der Waals surface area contributed by atoms with E-state index >= 15 is 0 Å². The predicted octanol–water partition coefficient (Wildman–Crippen LogP) is 2.44. The molecule has 0 aliphatic rings. The number of aromatic nitrogens is 1. The number of carbonyl (C=O) groups is 1. The van der Waals surface area contributed by atoms with Gasteiger partial charge >= 0.3 is 0 Å². The normalized spacial score (nSPS) is 10.3. The topological polar surface area (TPSA) is 48.3 Å². The molecule has 2 aromatic rings. The molecule has 0 bridgehead atoms. The Labute approximate surface area is 117 Å². The molecule has 0 radical (unpaired) electrons. The third-order valence-electron chi connectivity index (χ3n) is 3.07. The summed E-state index contributed by atoms with van der Waals surface area (Å²) < 4.78 is 7.26.